The third-order valence-electron chi connectivity index (χ3n) is 5.63. The molecule has 1 heterocycles. The molecule has 3 amide bonds. The average Bonchev–Trinajstić information content (AvgIpc) is 3.23. The molecule has 0 bridgehead atoms. The number of carbonyl (C=O) groups excluding carboxylic acids is 3. The summed E-state index contributed by atoms with van der Waals surface area (Å²) in [5, 5.41) is 8.12. The number of carbonyl (C=O) groups is 3. The van der Waals surface area contributed by atoms with E-state index in [1.807, 2.05) is 12.1 Å². The first kappa shape index (κ1) is 29.2. The lowest BCUT2D eigenvalue weighted by atomic mass is 10.1. The number of anilines is 1. The van der Waals surface area contributed by atoms with Gasteiger partial charge < -0.3 is 15.4 Å². The summed E-state index contributed by atoms with van der Waals surface area (Å²) in [4.78, 5) is 39.6. The molecule has 1 aliphatic rings. The van der Waals surface area contributed by atoms with Crippen molar-refractivity contribution in [2.24, 2.45) is 0 Å². The van der Waals surface area contributed by atoms with Crippen LogP contribution in [0.2, 0.25) is 5.02 Å². The van der Waals surface area contributed by atoms with E-state index < -0.39 is 47.4 Å². The lowest BCUT2D eigenvalue weighted by Crippen LogP contribution is -2.47. The Hall–Kier alpha value is -3.31. The molecule has 38 heavy (non-hydrogen) atoms. The summed E-state index contributed by atoms with van der Waals surface area (Å²) in [5.41, 5.74) is -1.55. The maximum Gasteiger partial charge on any atom is 0.416 e. The highest BCUT2D eigenvalue weighted by Crippen LogP contribution is 2.32. The van der Waals surface area contributed by atoms with E-state index in [1.54, 1.807) is 32.9 Å². The summed E-state index contributed by atoms with van der Waals surface area (Å²) < 4.78 is 45.0. The van der Waals surface area contributed by atoms with Crippen LogP contribution in [-0.2, 0) is 22.3 Å². The SMILES string of the molecule is CC(C)(C)OC(=O)Nc1ccc(C(F)(F)F)cc1C(=O)NCC(=O)NC1CCCN1Cc1ccc(Cl)cc1. The maximum absolute atomic E-state index is 13.3. The van der Waals surface area contributed by atoms with Crippen molar-refractivity contribution in [1.82, 2.24) is 15.5 Å². The molecule has 3 N–H and O–H groups in total. The minimum absolute atomic E-state index is 0.185. The second kappa shape index (κ2) is 12.0. The summed E-state index contributed by atoms with van der Waals surface area (Å²) in [6, 6.07) is 9.70. The molecule has 0 radical (unpaired) electrons. The maximum atomic E-state index is 13.3. The molecular weight excluding hydrogens is 525 g/mol. The van der Waals surface area contributed by atoms with Gasteiger partial charge in [0.2, 0.25) is 5.91 Å². The van der Waals surface area contributed by atoms with Crippen molar-refractivity contribution in [1.29, 1.82) is 0 Å². The number of alkyl halides is 3. The van der Waals surface area contributed by atoms with E-state index in [9.17, 15) is 27.6 Å². The zero-order chi connectivity index (χ0) is 28.1. The van der Waals surface area contributed by atoms with E-state index in [4.69, 9.17) is 16.3 Å². The molecule has 0 saturated carbocycles. The van der Waals surface area contributed by atoms with Crippen LogP contribution in [0.5, 0.6) is 0 Å². The van der Waals surface area contributed by atoms with Crippen molar-refractivity contribution in [2.45, 2.75) is 58.1 Å². The average molecular weight is 555 g/mol. The summed E-state index contributed by atoms with van der Waals surface area (Å²) in [7, 11) is 0. The third-order valence-corrected chi connectivity index (χ3v) is 5.88. The van der Waals surface area contributed by atoms with Crippen LogP contribution in [0.15, 0.2) is 42.5 Å². The Bertz CT molecular complexity index is 1170. The van der Waals surface area contributed by atoms with E-state index in [-0.39, 0.29) is 11.9 Å². The van der Waals surface area contributed by atoms with Gasteiger partial charge in [0.25, 0.3) is 5.91 Å². The van der Waals surface area contributed by atoms with Crippen LogP contribution in [0, 0.1) is 0 Å². The Balaban J connectivity index is 1.64. The molecular formula is C26H30ClF3N4O4. The number of nitrogens with one attached hydrogen (secondary N) is 3. The minimum Gasteiger partial charge on any atom is -0.444 e. The van der Waals surface area contributed by atoms with Crippen LogP contribution in [-0.4, -0.2) is 47.7 Å². The normalized spacial score (nSPS) is 16.1. The van der Waals surface area contributed by atoms with Crippen LogP contribution < -0.4 is 16.0 Å². The van der Waals surface area contributed by atoms with Crippen molar-refractivity contribution < 1.29 is 32.3 Å². The summed E-state index contributed by atoms with van der Waals surface area (Å²) >= 11 is 5.93. The minimum atomic E-state index is -4.72. The van der Waals surface area contributed by atoms with Gasteiger partial charge in [-0.2, -0.15) is 13.2 Å². The van der Waals surface area contributed by atoms with Gasteiger partial charge in [-0.15, -0.1) is 0 Å². The van der Waals surface area contributed by atoms with Gasteiger partial charge in [-0.3, -0.25) is 19.8 Å². The quantitative estimate of drug-likeness (QED) is 0.438. The van der Waals surface area contributed by atoms with Crippen LogP contribution in [0.1, 0.15) is 55.1 Å². The number of amides is 3. The summed E-state index contributed by atoms with van der Waals surface area (Å²) in [6.07, 6.45) is -4.33. The van der Waals surface area contributed by atoms with E-state index in [0.717, 1.165) is 30.7 Å². The number of halogens is 4. The second-order valence-electron chi connectivity index (χ2n) is 9.89. The Morgan fingerprint density at radius 1 is 1.08 bits per heavy atom. The Morgan fingerprint density at radius 2 is 1.76 bits per heavy atom. The fourth-order valence-corrected chi connectivity index (χ4v) is 4.05. The number of nitrogens with zero attached hydrogens (tertiary/aromatic N) is 1. The highest BCUT2D eigenvalue weighted by atomic mass is 35.5. The molecule has 8 nitrogen and oxygen atoms in total. The van der Waals surface area contributed by atoms with Crippen LogP contribution in [0.3, 0.4) is 0 Å². The van der Waals surface area contributed by atoms with Crippen molar-refractivity contribution in [3.63, 3.8) is 0 Å². The monoisotopic (exact) mass is 554 g/mol. The Labute approximate surface area is 223 Å². The number of rotatable bonds is 7. The predicted molar refractivity (Wildman–Crippen MR) is 137 cm³/mol. The number of benzene rings is 2. The number of hydrogen-bond acceptors (Lipinski definition) is 5. The van der Waals surface area contributed by atoms with Gasteiger partial charge in [-0.25, -0.2) is 4.79 Å². The fourth-order valence-electron chi connectivity index (χ4n) is 3.93. The fraction of sp³-hybridized carbons (Fsp3) is 0.423. The first-order valence-corrected chi connectivity index (χ1v) is 12.4. The van der Waals surface area contributed by atoms with Crippen molar-refractivity contribution in [2.75, 3.05) is 18.4 Å². The molecule has 3 rings (SSSR count). The van der Waals surface area contributed by atoms with Crippen molar-refractivity contribution in [3.8, 4) is 0 Å². The highest BCUT2D eigenvalue weighted by molar-refractivity contribution is 6.30. The summed E-state index contributed by atoms with van der Waals surface area (Å²) in [5.74, 6) is -1.46. The lowest BCUT2D eigenvalue weighted by Gasteiger charge is -2.25. The van der Waals surface area contributed by atoms with Gasteiger partial charge in [-0.05, 0) is 69.5 Å². The molecule has 1 saturated heterocycles. The van der Waals surface area contributed by atoms with E-state index in [0.29, 0.717) is 24.1 Å². The topological polar surface area (TPSA) is 99.8 Å². The van der Waals surface area contributed by atoms with Crippen molar-refractivity contribution >= 4 is 35.2 Å². The number of hydrogen-bond donors (Lipinski definition) is 3. The van der Waals surface area contributed by atoms with Gasteiger partial charge in [0.05, 0.1) is 29.5 Å². The van der Waals surface area contributed by atoms with Crippen molar-refractivity contribution in [3.05, 3.63) is 64.2 Å². The number of ether oxygens (including phenoxy) is 1. The molecule has 0 spiro atoms. The van der Waals surface area contributed by atoms with E-state index in [2.05, 4.69) is 20.9 Å². The van der Waals surface area contributed by atoms with Gasteiger partial charge in [-0.1, -0.05) is 23.7 Å². The molecule has 12 heteroatoms. The molecule has 206 valence electrons. The molecule has 1 aliphatic heterocycles. The smallest absolute Gasteiger partial charge is 0.416 e. The number of likely N-dealkylation sites (tertiary alicyclic amines) is 1. The van der Waals surface area contributed by atoms with E-state index in [1.165, 1.54) is 0 Å². The molecule has 0 aromatic heterocycles. The molecule has 2 aromatic rings. The third kappa shape index (κ3) is 8.63. The van der Waals surface area contributed by atoms with Crippen LogP contribution in [0.25, 0.3) is 0 Å². The first-order valence-electron chi connectivity index (χ1n) is 12.0. The Morgan fingerprint density at radius 3 is 2.39 bits per heavy atom. The zero-order valence-corrected chi connectivity index (χ0v) is 22.0. The first-order chi connectivity index (χ1) is 17.7. The Kier molecular flexibility index (Phi) is 9.26. The van der Waals surface area contributed by atoms with E-state index >= 15 is 0 Å². The standard InChI is InChI=1S/C26H30ClF3N4O4/c1-25(2,3)38-24(37)32-20-11-8-17(26(28,29)30)13-19(20)23(36)31-14-22(35)33-21-5-4-12-34(21)15-16-6-9-18(27)10-7-16/h6-11,13,21H,4-5,12,14-15H2,1-3H3,(H,31,36)(H,32,37)(H,33,35). The van der Waals surface area contributed by atoms with Crippen LogP contribution >= 0.6 is 11.6 Å². The molecule has 1 unspecified atom stereocenters. The largest absolute Gasteiger partial charge is 0.444 e. The molecule has 1 fully saturated rings. The van der Waals surface area contributed by atoms with Gasteiger partial charge in [0.15, 0.2) is 0 Å². The second-order valence-corrected chi connectivity index (χ2v) is 10.3. The molecule has 2 aromatic carbocycles. The van der Waals surface area contributed by atoms with Gasteiger partial charge >= 0.3 is 12.3 Å². The molecule has 0 aliphatic carbocycles. The highest BCUT2D eigenvalue weighted by Gasteiger charge is 2.32. The molecule has 1 atom stereocenters. The zero-order valence-electron chi connectivity index (χ0n) is 21.2. The van der Waals surface area contributed by atoms with Crippen LogP contribution in [0.4, 0.5) is 23.7 Å². The van der Waals surface area contributed by atoms with Gasteiger partial charge in [0.1, 0.15) is 5.60 Å². The lowest BCUT2D eigenvalue weighted by molar-refractivity contribution is -0.137. The predicted octanol–water partition coefficient (Wildman–Crippen LogP) is 5.17. The summed E-state index contributed by atoms with van der Waals surface area (Å²) in [6.45, 7) is 5.75. The van der Waals surface area contributed by atoms with Gasteiger partial charge in [0, 0.05) is 18.1 Å².